The molecule has 1 aliphatic heterocycles. The van der Waals surface area contributed by atoms with E-state index in [0.29, 0.717) is 25.6 Å². The van der Waals surface area contributed by atoms with Crippen LogP contribution < -0.4 is 4.90 Å². The highest BCUT2D eigenvalue weighted by Gasteiger charge is 2.26. The monoisotopic (exact) mass is 328 g/mol. The molecule has 1 N–H and O–H groups in total. The molecule has 1 unspecified atom stereocenters. The van der Waals surface area contributed by atoms with E-state index in [1.807, 2.05) is 24.1 Å². The van der Waals surface area contributed by atoms with Crippen molar-refractivity contribution in [1.82, 2.24) is 14.5 Å². The topological polar surface area (TPSA) is 86.6 Å². The van der Waals surface area contributed by atoms with Crippen molar-refractivity contribution < 1.29 is 13.5 Å². The van der Waals surface area contributed by atoms with E-state index in [4.69, 9.17) is 5.11 Å². The van der Waals surface area contributed by atoms with Gasteiger partial charge in [0, 0.05) is 26.7 Å². The van der Waals surface area contributed by atoms with Crippen LogP contribution in [0.15, 0.2) is 12.1 Å². The molecule has 0 aliphatic carbocycles. The molecular weight excluding hydrogens is 304 g/mol. The van der Waals surface area contributed by atoms with Crippen molar-refractivity contribution in [3.8, 4) is 0 Å². The number of aromatic nitrogens is 2. The lowest BCUT2D eigenvalue weighted by Gasteiger charge is -2.30. The molecule has 2 rings (SSSR count). The SMILES string of the molecule is CN(CCO)c1ccc(CC2CCCN(S(C)(=O)=O)C2)nn1. The Kier molecular flexibility index (Phi) is 5.71. The molecule has 1 saturated heterocycles. The van der Waals surface area contributed by atoms with E-state index in [1.54, 1.807) is 4.31 Å². The molecule has 0 radical (unpaired) electrons. The number of rotatable bonds is 6. The van der Waals surface area contributed by atoms with E-state index in [-0.39, 0.29) is 6.61 Å². The molecule has 0 amide bonds. The average Bonchev–Trinajstić information content (AvgIpc) is 2.48. The van der Waals surface area contributed by atoms with Gasteiger partial charge in [-0.25, -0.2) is 12.7 Å². The molecule has 0 aromatic carbocycles. The van der Waals surface area contributed by atoms with Crippen LogP contribution in [0.1, 0.15) is 18.5 Å². The first-order valence-corrected chi connectivity index (χ1v) is 9.34. The second-order valence-electron chi connectivity index (χ2n) is 5.86. The summed E-state index contributed by atoms with van der Waals surface area (Å²) in [6, 6.07) is 3.81. The van der Waals surface area contributed by atoms with Gasteiger partial charge in [0.2, 0.25) is 10.0 Å². The van der Waals surface area contributed by atoms with Gasteiger partial charge in [0.05, 0.1) is 18.6 Å². The predicted molar refractivity (Wildman–Crippen MR) is 85.2 cm³/mol. The van der Waals surface area contributed by atoms with E-state index in [1.165, 1.54) is 6.26 Å². The Hall–Kier alpha value is -1.25. The van der Waals surface area contributed by atoms with Crippen molar-refractivity contribution in [2.75, 3.05) is 44.4 Å². The maximum atomic E-state index is 11.6. The molecule has 1 aromatic rings. The Morgan fingerprint density at radius 2 is 2.18 bits per heavy atom. The minimum atomic E-state index is -3.11. The molecule has 0 spiro atoms. The van der Waals surface area contributed by atoms with Crippen LogP contribution in [0.3, 0.4) is 0 Å². The molecule has 22 heavy (non-hydrogen) atoms. The zero-order chi connectivity index (χ0) is 16.2. The number of nitrogens with zero attached hydrogens (tertiary/aromatic N) is 4. The summed E-state index contributed by atoms with van der Waals surface area (Å²) in [7, 11) is -1.26. The standard InChI is InChI=1S/C14H24N4O3S/c1-17(8-9-19)14-6-5-13(15-16-14)10-12-4-3-7-18(11-12)22(2,20)21/h5-6,12,19H,3-4,7-11H2,1-2H3. The van der Waals surface area contributed by atoms with E-state index in [0.717, 1.165) is 30.8 Å². The zero-order valence-electron chi connectivity index (χ0n) is 13.1. The molecule has 1 aromatic heterocycles. The fourth-order valence-corrected chi connectivity index (χ4v) is 3.66. The molecule has 8 heteroatoms. The smallest absolute Gasteiger partial charge is 0.211 e. The van der Waals surface area contributed by atoms with Gasteiger partial charge in [-0.1, -0.05) is 0 Å². The summed E-state index contributed by atoms with van der Waals surface area (Å²) in [6.45, 7) is 1.77. The van der Waals surface area contributed by atoms with Crippen LogP contribution in [-0.2, 0) is 16.4 Å². The van der Waals surface area contributed by atoms with Crippen molar-refractivity contribution in [1.29, 1.82) is 0 Å². The third-order valence-corrected chi connectivity index (χ3v) is 5.25. The van der Waals surface area contributed by atoms with E-state index in [2.05, 4.69) is 10.2 Å². The first kappa shape index (κ1) is 17.1. The minimum Gasteiger partial charge on any atom is -0.395 e. The maximum absolute atomic E-state index is 11.6. The number of likely N-dealkylation sites (N-methyl/N-ethyl adjacent to an activating group) is 1. The van der Waals surface area contributed by atoms with Crippen LogP contribution >= 0.6 is 0 Å². The van der Waals surface area contributed by atoms with Gasteiger partial charge in [-0.2, -0.15) is 5.10 Å². The summed E-state index contributed by atoms with van der Waals surface area (Å²) in [5.74, 6) is 1.01. The molecule has 0 bridgehead atoms. The van der Waals surface area contributed by atoms with Gasteiger partial charge < -0.3 is 10.0 Å². The van der Waals surface area contributed by atoms with Crippen molar-refractivity contribution in [2.24, 2.45) is 5.92 Å². The summed E-state index contributed by atoms with van der Waals surface area (Å²) in [6.07, 6.45) is 3.91. The molecule has 124 valence electrons. The van der Waals surface area contributed by atoms with Gasteiger partial charge in [0.1, 0.15) is 0 Å². The lowest BCUT2D eigenvalue weighted by molar-refractivity contribution is 0.265. The van der Waals surface area contributed by atoms with Crippen LogP contribution in [0, 0.1) is 5.92 Å². The number of hydrogen-bond acceptors (Lipinski definition) is 6. The number of aliphatic hydroxyl groups is 1. The highest BCUT2D eigenvalue weighted by molar-refractivity contribution is 7.88. The highest BCUT2D eigenvalue weighted by atomic mass is 32.2. The number of hydrogen-bond donors (Lipinski definition) is 1. The van der Waals surface area contributed by atoms with Crippen molar-refractivity contribution >= 4 is 15.8 Å². The largest absolute Gasteiger partial charge is 0.395 e. The number of piperidine rings is 1. The second-order valence-corrected chi connectivity index (χ2v) is 7.84. The summed E-state index contributed by atoms with van der Waals surface area (Å²) < 4.78 is 24.8. The third-order valence-electron chi connectivity index (χ3n) is 3.98. The molecule has 1 atom stereocenters. The Bertz CT molecular complexity index is 576. The van der Waals surface area contributed by atoms with E-state index >= 15 is 0 Å². The Morgan fingerprint density at radius 3 is 2.77 bits per heavy atom. The molecule has 1 aliphatic rings. The van der Waals surface area contributed by atoms with Crippen molar-refractivity contribution in [3.63, 3.8) is 0 Å². The summed E-state index contributed by atoms with van der Waals surface area (Å²) >= 11 is 0. The van der Waals surface area contributed by atoms with Gasteiger partial charge in [0.25, 0.3) is 0 Å². The van der Waals surface area contributed by atoms with Gasteiger partial charge in [0.15, 0.2) is 5.82 Å². The van der Waals surface area contributed by atoms with Crippen LogP contribution in [0.5, 0.6) is 0 Å². The van der Waals surface area contributed by atoms with Crippen molar-refractivity contribution in [2.45, 2.75) is 19.3 Å². The fourth-order valence-electron chi connectivity index (χ4n) is 2.72. The summed E-state index contributed by atoms with van der Waals surface area (Å²) in [4.78, 5) is 1.84. The zero-order valence-corrected chi connectivity index (χ0v) is 14.0. The van der Waals surface area contributed by atoms with Gasteiger partial charge in [-0.15, -0.1) is 5.10 Å². The van der Waals surface area contributed by atoms with E-state index < -0.39 is 10.0 Å². The Morgan fingerprint density at radius 1 is 1.41 bits per heavy atom. The van der Waals surface area contributed by atoms with Gasteiger partial charge >= 0.3 is 0 Å². The third kappa shape index (κ3) is 4.62. The Balaban J connectivity index is 1.96. The first-order chi connectivity index (χ1) is 10.4. The maximum Gasteiger partial charge on any atom is 0.211 e. The number of anilines is 1. The molecule has 1 fully saturated rings. The number of sulfonamides is 1. The second kappa shape index (κ2) is 7.34. The lowest BCUT2D eigenvalue weighted by atomic mass is 9.94. The van der Waals surface area contributed by atoms with Gasteiger partial charge in [-0.05, 0) is 37.3 Å². The lowest BCUT2D eigenvalue weighted by Crippen LogP contribution is -2.39. The first-order valence-electron chi connectivity index (χ1n) is 7.50. The minimum absolute atomic E-state index is 0.0727. The predicted octanol–water partition coefficient (Wildman–Crippen LogP) is 0.119. The molecule has 2 heterocycles. The average molecular weight is 328 g/mol. The molecular formula is C14H24N4O3S. The number of aliphatic hydroxyl groups excluding tert-OH is 1. The van der Waals surface area contributed by atoms with E-state index in [9.17, 15) is 8.42 Å². The van der Waals surface area contributed by atoms with Crippen LogP contribution in [0.4, 0.5) is 5.82 Å². The normalized spacial score (nSPS) is 20.0. The van der Waals surface area contributed by atoms with Crippen molar-refractivity contribution in [3.05, 3.63) is 17.8 Å². The van der Waals surface area contributed by atoms with Crippen LogP contribution in [0.25, 0.3) is 0 Å². The fraction of sp³-hybridized carbons (Fsp3) is 0.714. The quantitative estimate of drug-likeness (QED) is 0.798. The highest BCUT2D eigenvalue weighted by Crippen LogP contribution is 2.22. The molecule has 7 nitrogen and oxygen atoms in total. The Labute approximate surface area is 132 Å². The summed E-state index contributed by atoms with van der Waals surface area (Å²) in [5.41, 5.74) is 0.876. The van der Waals surface area contributed by atoms with Crippen LogP contribution in [0.2, 0.25) is 0 Å². The molecule has 0 saturated carbocycles. The van der Waals surface area contributed by atoms with Crippen LogP contribution in [-0.4, -0.2) is 67.6 Å². The summed E-state index contributed by atoms with van der Waals surface area (Å²) in [5, 5.41) is 17.3. The van der Waals surface area contributed by atoms with Gasteiger partial charge in [-0.3, -0.25) is 0 Å².